The number of hydrogen-bond acceptors (Lipinski definition) is 0. The Morgan fingerprint density at radius 3 is 2.62 bits per heavy atom. The summed E-state index contributed by atoms with van der Waals surface area (Å²) in [7, 11) is 0. The van der Waals surface area contributed by atoms with Crippen molar-refractivity contribution in [1.82, 2.24) is 0 Å². The number of hydrogen-bond donors (Lipinski definition) is 0. The van der Waals surface area contributed by atoms with Gasteiger partial charge in [0, 0.05) is 0 Å². The number of fused-ring (bicyclic) bond motifs is 2. The van der Waals surface area contributed by atoms with Gasteiger partial charge in [0.2, 0.25) is 0 Å². The van der Waals surface area contributed by atoms with Gasteiger partial charge < -0.3 is 0 Å². The van der Waals surface area contributed by atoms with Gasteiger partial charge in [-0.3, -0.25) is 0 Å². The van der Waals surface area contributed by atoms with Gasteiger partial charge in [0.1, 0.15) is 0 Å². The molecule has 0 heterocycles. The van der Waals surface area contributed by atoms with Crippen LogP contribution in [0.15, 0.2) is 24.3 Å². The van der Waals surface area contributed by atoms with Crippen LogP contribution in [-0.2, 0) is 0 Å². The molecule has 2 rings (SSSR count). The molecule has 8 heavy (non-hydrogen) atoms. The van der Waals surface area contributed by atoms with Crippen molar-refractivity contribution in [2.45, 2.75) is 12.8 Å². The zero-order valence-corrected chi connectivity index (χ0v) is 4.93. The average Bonchev–Trinajstić information content (AvgIpc) is 2.23. The smallest absolute Gasteiger partial charge is 0.00199 e. The Kier molecular flexibility index (Phi) is 0.682. The molecule has 0 spiro atoms. The van der Waals surface area contributed by atoms with E-state index in [1.807, 2.05) is 0 Å². The van der Waals surface area contributed by atoms with E-state index >= 15 is 0 Å². The van der Waals surface area contributed by atoms with Gasteiger partial charge in [-0.2, -0.15) is 0 Å². The number of allylic oxidation sites excluding steroid dienone is 3. The van der Waals surface area contributed by atoms with Gasteiger partial charge in [0.15, 0.2) is 0 Å². The van der Waals surface area contributed by atoms with E-state index in [4.69, 9.17) is 0 Å². The van der Waals surface area contributed by atoms with Crippen molar-refractivity contribution in [3.05, 3.63) is 24.3 Å². The zero-order chi connectivity index (χ0) is 5.56. The molecule has 0 N–H and O–H groups in total. The van der Waals surface area contributed by atoms with Crippen molar-refractivity contribution in [1.29, 1.82) is 0 Å². The quantitative estimate of drug-likeness (QED) is 0.415. The van der Waals surface area contributed by atoms with Crippen molar-refractivity contribution in [2.24, 2.45) is 11.8 Å². The Labute approximate surface area is 49.9 Å². The van der Waals surface area contributed by atoms with Crippen LogP contribution in [0.5, 0.6) is 0 Å². The minimum atomic E-state index is 0.764. The summed E-state index contributed by atoms with van der Waals surface area (Å²) in [6.45, 7) is 3.99. The summed E-state index contributed by atoms with van der Waals surface area (Å²) in [5.74, 6) is 1.63. The van der Waals surface area contributed by atoms with Gasteiger partial charge in [0.05, 0.1) is 0 Å². The van der Waals surface area contributed by atoms with Crippen LogP contribution in [-0.4, -0.2) is 0 Å². The lowest BCUT2D eigenvalue weighted by molar-refractivity contribution is 0.693. The van der Waals surface area contributed by atoms with Crippen LogP contribution in [0.25, 0.3) is 0 Å². The molecule has 0 unspecified atom stereocenters. The Morgan fingerprint density at radius 1 is 1.50 bits per heavy atom. The van der Waals surface area contributed by atoms with E-state index in [0.717, 1.165) is 11.8 Å². The largest absolute Gasteiger partial charge is 0.0992 e. The summed E-state index contributed by atoms with van der Waals surface area (Å²) in [5, 5.41) is 0. The highest BCUT2D eigenvalue weighted by atomic mass is 14.3. The predicted molar refractivity (Wildman–Crippen MR) is 34.5 cm³/mol. The normalized spacial score (nSPS) is 41.8. The maximum atomic E-state index is 3.99. The maximum Gasteiger partial charge on any atom is -0.00199 e. The van der Waals surface area contributed by atoms with E-state index in [9.17, 15) is 0 Å². The summed E-state index contributed by atoms with van der Waals surface area (Å²) < 4.78 is 0. The fourth-order valence-corrected chi connectivity index (χ4v) is 1.72. The van der Waals surface area contributed by atoms with E-state index in [-0.39, 0.29) is 0 Å². The molecule has 2 aliphatic carbocycles. The van der Waals surface area contributed by atoms with E-state index in [1.54, 1.807) is 0 Å². The third kappa shape index (κ3) is 0.405. The molecule has 0 amide bonds. The van der Waals surface area contributed by atoms with Gasteiger partial charge in [-0.15, -0.1) is 0 Å². The van der Waals surface area contributed by atoms with E-state index < -0.39 is 0 Å². The second kappa shape index (κ2) is 1.25. The first-order chi connectivity index (χ1) is 3.86. The van der Waals surface area contributed by atoms with Gasteiger partial charge >= 0.3 is 0 Å². The second-order valence-corrected chi connectivity index (χ2v) is 2.85. The fraction of sp³-hybridized carbons (Fsp3) is 0.500. The Hall–Kier alpha value is -0.520. The summed E-state index contributed by atoms with van der Waals surface area (Å²) in [4.78, 5) is 0. The second-order valence-electron chi connectivity index (χ2n) is 2.85. The molecule has 0 aromatic rings. The van der Waals surface area contributed by atoms with Crippen LogP contribution in [0.1, 0.15) is 12.8 Å². The van der Waals surface area contributed by atoms with Crippen LogP contribution in [0.3, 0.4) is 0 Å². The lowest BCUT2D eigenvalue weighted by Gasteiger charge is -2.02. The predicted octanol–water partition coefficient (Wildman–Crippen LogP) is 2.14. The van der Waals surface area contributed by atoms with Crippen molar-refractivity contribution >= 4 is 0 Å². The number of rotatable bonds is 0. The Bertz CT molecular complexity index is 153. The molecular weight excluding hydrogens is 96.1 g/mol. The monoisotopic (exact) mass is 106 g/mol. The molecule has 0 aromatic carbocycles. The third-order valence-electron chi connectivity index (χ3n) is 2.22. The van der Waals surface area contributed by atoms with Crippen LogP contribution < -0.4 is 0 Å². The van der Waals surface area contributed by atoms with Crippen LogP contribution in [0.4, 0.5) is 0 Å². The molecule has 1 saturated carbocycles. The summed E-state index contributed by atoms with van der Waals surface area (Å²) in [6, 6.07) is 0. The molecule has 2 atom stereocenters. The zero-order valence-electron chi connectivity index (χ0n) is 4.93. The molecule has 0 radical (unpaired) electrons. The average molecular weight is 106 g/mol. The van der Waals surface area contributed by atoms with Crippen LogP contribution >= 0.6 is 0 Å². The lowest BCUT2D eigenvalue weighted by Crippen LogP contribution is -1.88. The van der Waals surface area contributed by atoms with Crippen molar-refractivity contribution in [3.8, 4) is 0 Å². The Balaban J connectivity index is 2.35. The molecule has 2 bridgehead atoms. The summed E-state index contributed by atoms with van der Waals surface area (Å²) in [6.07, 6.45) is 7.26. The molecule has 0 aliphatic heterocycles. The summed E-state index contributed by atoms with van der Waals surface area (Å²) >= 11 is 0. The summed E-state index contributed by atoms with van der Waals surface area (Å²) in [5.41, 5.74) is 1.46. The van der Waals surface area contributed by atoms with Crippen LogP contribution in [0.2, 0.25) is 0 Å². The van der Waals surface area contributed by atoms with Crippen molar-refractivity contribution in [2.75, 3.05) is 0 Å². The maximum absolute atomic E-state index is 3.99. The third-order valence-corrected chi connectivity index (χ3v) is 2.22. The Morgan fingerprint density at radius 2 is 2.38 bits per heavy atom. The minimum absolute atomic E-state index is 0.764. The van der Waals surface area contributed by atoms with Gasteiger partial charge in [-0.1, -0.05) is 24.3 Å². The van der Waals surface area contributed by atoms with E-state index in [2.05, 4.69) is 18.7 Å². The molecule has 0 heteroatoms. The molecule has 0 nitrogen and oxygen atoms in total. The van der Waals surface area contributed by atoms with Gasteiger partial charge in [0.25, 0.3) is 0 Å². The SMILES string of the molecule is C=C1C[C@@H]2C=C[C@H]1C2. The highest BCUT2D eigenvalue weighted by Gasteiger charge is 2.28. The molecule has 42 valence electrons. The molecule has 0 aromatic heterocycles. The fourth-order valence-electron chi connectivity index (χ4n) is 1.72. The molecular formula is C8H10. The lowest BCUT2D eigenvalue weighted by atomic mass is 10.0. The van der Waals surface area contributed by atoms with Gasteiger partial charge in [-0.05, 0) is 24.7 Å². The first-order valence-corrected chi connectivity index (χ1v) is 3.22. The molecule has 0 saturated heterocycles. The van der Waals surface area contributed by atoms with Crippen molar-refractivity contribution < 1.29 is 0 Å². The highest BCUT2D eigenvalue weighted by molar-refractivity contribution is 5.24. The van der Waals surface area contributed by atoms with Crippen molar-refractivity contribution in [3.63, 3.8) is 0 Å². The standard InChI is InChI=1S/C8H10/c1-6-4-7-2-3-8(6)5-7/h2-3,7-8H,1,4-5H2/t7-,8-/m0/s1. The molecule has 1 fully saturated rings. The first kappa shape index (κ1) is 4.37. The first-order valence-electron chi connectivity index (χ1n) is 3.22. The van der Waals surface area contributed by atoms with E-state index in [0.29, 0.717) is 0 Å². The molecule has 2 aliphatic rings. The topological polar surface area (TPSA) is 0 Å². The van der Waals surface area contributed by atoms with E-state index in [1.165, 1.54) is 18.4 Å². The van der Waals surface area contributed by atoms with Crippen LogP contribution in [0, 0.1) is 11.8 Å². The highest BCUT2D eigenvalue weighted by Crippen LogP contribution is 2.41. The van der Waals surface area contributed by atoms with Gasteiger partial charge in [-0.25, -0.2) is 0 Å². The minimum Gasteiger partial charge on any atom is -0.0992 e.